The number of anilines is 3. The molecule has 22 heavy (non-hydrogen) atoms. The van der Waals surface area contributed by atoms with Crippen LogP contribution in [0.1, 0.15) is 0 Å². The largest absolute Gasteiger partial charge is 0.368 e. The average Bonchev–Trinajstić information content (AvgIpc) is 3.18. The minimum absolute atomic E-state index is 0.191. The van der Waals surface area contributed by atoms with Gasteiger partial charge in [-0.25, -0.2) is 0 Å². The Balaban J connectivity index is 1.82. The molecule has 3 aromatic heterocycles. The highest BCUT2D eigenvalue weighted by Gasteiger charge is 2.11. The van der Waals surface area contributed by atoms with E-state index in [1.54, 1.807) is 6.20 Å². The number of fused-ring (bicyclic) bond motifs is 1. The molecule has 0 fully saturated rings. The predicted molar refractivity (Wildman–Crippen MR) is 85.6 cm³/mol. The summed E-state index contributed by atoms with van der Waals surface area (Å²) in [5.74, 6) is 0.812. The fraction of sp³-hybridized carbons (Fsp3) is 0. The van der Waals surface area contributed by atoms with E-state index in [0.29, 0.717) is 11.5 Å². The highest BCUT2D eigenvalue weighted by atomic mass is 15.2. The Hall–Kier alpha value is -3.35. The monoisotopic (exact) mass is 291 g/mol. The van der Waals surface area contributed by atoms with Crippen molar-refractivity contribution in [3.8, 4) is 11.3 Å². The molecule has 1 aromatic carbocycles. The van der Waals surface area contributed by atoms with E-state index < -0.39 is 0 Å². The highest BCUT2D eigenvalue weighted by molar-refractivity contribution is 5.91. The SMILES string of the molecule is Nc1nc(Nc2ccccc2-c2ccc[nH]2)c2cn[nH]c2n1. The molecule has 0 radical (unpaired) electrons. The summed E-state index contributed by atoms with van der Waals surface area (Å²) in [4.78, 5) is 11.6. The molecule has 4 rings (SSSR count). The van der Waals surface area contributed by atoms with E-state index in [1.165, 1.54) is 0 Å². The smallest absolute Gasteiger partial charge is 0.224 e. The van der Waals surface area contributed by atoms with E-state index in [1.807, 2.05) is 42.6 Å². The number of aromatic amines is 2. The maximum Gasteiger partial charge on any atom is 0.224 e. The lowest BCUT2D eigenvalue weighted by Crippen LogP contribution is -2.01. The van der Waals surface area contributed by atoms with E-state index in [9.17, 15) is 0 Å². The summed E-state index contributed by atoms with van der Waals surface area (Å²) in [7, 11) is 0. The topological polar surface area (TPSA) is 108 Å². The van der Waals surface area contributed by atoms with Gasteiger partial charge in [-0.1, -0.05) is 18.2 Å². The third-order valence-corrected chi connectivity index (χ3v) is 3.40. The first kappa shape index (κ1) is 12.4. The maximum atomic E-state index is 5.75. The van der Waals surface area contributed by atoms with E-state index in [-0.39, 0.29) is 5.95 Å². The van der Waals surface area contributed by atoms with Crippen molar-refractivity contribution in [3.05, 3.63) is 48.8 Å². The summed E-state index contributed by atoms with van der Waals surface area (Å²) in [6, 6.07) is 12.0. The molecule has 0 unspecified atom stereocenters. The standard InChI is InChI=1S/C15H13N7/c16-15-20-13(10-8-18-22-14(10)21-15)19-12-5-2-1-4-9(12)11-6-3-7-17-11/h1-8,17H,(H4,16,18,19,20,21,22). The molecule has 3 heterocycles. The summed E-state index contributed by atoms with van der Waals surface area (Å²) < 4.78 is 0. The van der Waals surface area contributed by atoms with Crippen molar-refractivity contribution in [1.82, 2.24) is 25.1 Å². The van der Waals surface area contributed by atoms with E-state index in [2.05, 4.69) is 30.5 Å². The van der Waals surface area contributed by atoms with E-state index in [0.717, 1.165) is 22.3 Å². The first-order valence-electron chi connectivity index (χ1n) is 6.77. The normalized spacial score (nSPS) is 10.9. The van der Waals surface area contributed by atoms with Gasteiger partial charge < -0.3 is 16.0 Å². The van der Waals surface area contributed by atoms with Gasteiger partial charge in [0.05, 0.1) is 11.6 Å². The van der Waals surface area contributed by atoms with Crippen LogP contribution in [-0.4, -0.2) is 25.1 Å². The van der Waals surface area contributed by atoms with Crippen molar-refractivity contribution in [1.29, 1.82) is 0 Å². The average molecular weight is 291 g/mol. The van der Waals surface area contributed by atoms with Crippen LogP contribution in [0.3, 0.4) is 0 Å². The number of H-pyrrole nitrogens is 2. The Labute approximate surface area is 125 Å². The molecule has 7 heteroatoms. The fourth-order valence-electron chi connectivity index (χ4n) is 2.40. The van der Waals surface area contributed by atoms with Crippen molar-refractivity contribution >= 4 is 28.5 Å². The van der Waals surface area contributed by atoms with Crippen LogP contribution < -0.4 is 11.1 Å². The molecular weight excluding hydrogens is 278 g/mol. The summed E-state index contributed by atoms with van der Waals surface area (Å²) in [6.07, 6.45) is 3.57. The van der Waals surface area contributed by atoms with Crippen molar-refractivity contribution in [2.75, 3.05) is 11.1 Å². The number of aromatic nitrogens is 5. The van der Waals surface area contributed by atoms with Gasteiger partial charge in [-0.15, -0.1) is 0 Å². The lowest BCUT2D eigenvalue weighted by atomic mass is 10.1. The van der Waals surface area contributed by atoms with Crippen LogP contribution in [0.5, 0.6) is 0 Å². The van der Waals surface area contributed by atoms with E-state index in [4.69, 9.17) is 5.73 Å². The van der Waals surface area contributed by atoms with Gasteiger partial charge in [0, 0.05) is 23.1 Å². The van der Waals surface area contributed by atoms with Crippen molar-refractivity contribution in [3.63, 3.8) is 0 Å². The first-order valence-corrected chi connectivity index (χ1v) is 6.77. The molecule has 0 aliphatic rings. The molecule has 0 bridgehead atoms. The molecule has 0 spiro atoms. The Morgan fingerprint density at radius 1 is 1.05 bits per heavy atom. The van der Waals surface area contributed by atoms with Crippen LogP contribution >= 0.6 is 0 Å². The second-order valence-electron chi connectivity index (χ2n) is 4.82. The molecule has 0 aliphatic carbocycles. The molecule has 0 amide bonds. The Kier molecular flexibility index (Phi) is 2.75. The molecule has 0 saturated carbocycles. The number of para-hydroxylation sites is 1. The number of hydrogen-bond acceptors (Lipinski definition) is 5. The zero-order valence-electron chi connectivity index (χ0n) is 11.5. The molecule has 108 valence electrons. The number of benzene rings is 1. The zero-order chi connectivity index (χ0) is 14.9. The molecule has 0 aliphatic heterocycles. The Morgan fingerprint density at radius 2 is 1.95 bits per heavy atom. The van der Waals surface area contributed by atoms with E-state index >= 15 is 0 Å². The third kappa shape index (κ3) is 2.05. The minimum Gasteiger partial charge on any atom is -0.368 e. The summed E-state index contributed by atoms with van der Waals surface area (Å²) in [5, 5.41) is 10.9. The van der Waals surface area contributed by atoms with Crippen molar-refractivity contribution in [2.45, 2.75) is 0 Å². The van der Waals surface area contributed by atoms with Crippen molar-refractivity contribution < 1.29 is 0 Å². The third-order valence-electron chi connectivity index (χ3n) is 3.40. The lowest BCUT2D eigenvalue weighted by molar-refractivity contribution is 1.09. The maximum absolute atomic E-state index is 5.75. The van der Waals surface area contributed by atoms with Gasteiger partial charge in [0.25, 0.3) is 0 Å². The van der Waals surface area contributed by atoms with Crippen LogP contribution in [-0.2, 0) is 0 Å². The van der Waals surface area contributed by atoms with Crippen LogP contribution in [0.15, 0.2) is 48.8 Å². The predicted octanol–water partition coefficient (Wildman–Crippen LogP) is 2.67. The number of hydrogen-bond donors (Lipinski definition) is 4. The Morgan fingerprint density at radius 3 is 2.82 bits per heavy atom. The van der Waals surface area contributed by atoms with Gasteiger partial charge >= 0.3 is 0 Å². The molecule has 7 nitrogen and oxygen atoms in total. The summed E-state index contributed by atoms with van der Waals surface area (Å²) >= 11 is 0. The van der Waals surface area contributed by atoms with Crippen molar-refractivity contribution in [2.24, 2.45) is 0 Å². The quantitative estimate of drug-likeness (QED) is 0.464. The molecular formula is C15H13N7. The lowest BCUT2D eigenvalue weighted by Gasteiger charge is -2.11. The second-order valence-corrected chi connectivity index (χ2v) is 4.82. The molecule has 0 saturated heterocycles. The number of nitrogens with two attached hydrogens (primary N) is 1. The molecule has 4 aromatic rings. The van der Waals surface area contributed by atoms with Gasteiger partial charge in [-0.2, -0.15) is 15.1 Å². The second kappa shape index (κ2) is 4.88. The summed E-state index contributed by atoms with van der Waals surface area (Å²) in [5.41, 5.74) is 9.34. The highest BCUT2D eigenvalue weighted by Crippen LogP contribution is 2.30. The van der Waals surface area contributed by atoms with Gasteiger partial charge in [0.1, 0.15) is 5.82 Å². The van der Waals surface area contributed by atoms with Gasteiger partial charge in [0.15, 0.2) is 5.65 Å². The van der Waals surface area contributed by atoms with Gasteiger partial charge in [0.2, 0.25) is 5.95 Å². The number of nitrogens with zero attached hydrogens (tertiary/aromatic N) is 3. The van der Waals surface area contributed by atoms with Gasteiger partial charge in [-0.3, -0.25) is 5.10 Å². The molecule has 5 N–H and O–H groups in total. The number of nitrogen functional groups attached to an aromatic ring is 1. The van der Waals surface area contributed by atoms with Crippen LogP contribution in [0.2, 0.25) is 0 Å². The fourth-order valence-corrected chi connectivity index (χ4v) is 2.40. The van der Waals surface area contributed by atoms with Gasteiger partial charge in [-0.05, 0) is 18.2 Å². The minimum atomic E-state index is 0.191. The van der Waals surface area contributed by atoms with Crippen LogP contribution in [0.4, 0.5) is 17.5 Å². The zero-order valence-corrected chi connectivity index (χ0v) is 11.5. The van der Waals surface area contributed by atoms with Crippen LogP contribution in [0.25, 0.3) is 22.3 Å². The van der Waals surface area contributed by atoms with Crippen LogP contribution in [0, 0.1) is 0 Å². The molecule has 0 atom stereocenters. The first-order chi connectivity index (χ1) is 10.8. The number of nitrogens with one attached hydrogen (secondary N) is 3. The number of rotatable bonds is 3. The summed E-state index contributed by atoms with van der Waals surface area (Å²) in [6.45, 7) is 0. The Bertz CT molecular complexity index is 924.